The molecule has 0 aromatic heterocycles. The summed E-state index contributed by atoms with van der Waals surface area (Å²) < 4.78 is 0. The van der Waals surface area contributed by atoms with Crippen molar-refractivity contribution in [2.45, 2.75) is 52.5 Å². The summed E-state index contributed by atoms with van der Waals surface area (Å²) in [4.78, 5) is 0. The molecule has 0 heterocycles. The Kier molecular flexibility index (Phi) is 3.73. The van der Waals surface area contributed by atoms with Crippen LogP contribution in [0, 0.1) is 11.3 Å². The quantitative estimate of drug-likeness (QED) is 0.412. The second-order valence-corrected chi connectivity index (χ2v) is 5.42. The minimum Gasteiger partial charge on any atom is -0.271 e. The maximum absolute atomic E-state index is 5.63. The van der Waals surface area contributed by atoms with E-state index in [-0.39, 0.29) is 0 Å². The number of nitrogens with two attached hydrogens (primary N) is 1. The Morgan fingerprint density at radius 3 is 2.64 bits per heavy atom. The van der Waals surface area contributed by atoms with Crippen LogP contribution in [-0.4, -0.2) is 6.04 Å². The molecule has 2 nitrogen and oxygen atoms in total. The highest BCUT2D eigenvalue weighted by atomic mass is 15.2. The minimum atomic E-state index is 0.407. The average molecular weight is 196 g/mol. The van der Waals surface area contributed by atoms with Gasteiger partial charge in [0.25, 0.3) is 0 Å². The first-order valence-electron chi connectivity index (χ1n) is 5.58. The van der Waals surface area contributed by atoms with Crippen molar-refractivity contribution in [3.05, 3.63) is 12.2 Å². The lowest BCUT2D eigenvalue weighted by atomic mass is 9.76. The Balaban J connectivity index is 2.64. The first-order valence-corrected chi connectivity index (χ1v) is 5.58. The molecule has 0 aliphatic heterocycles. The Morgan fingerprint density at radius 1 is 1.64 bits per heavy atom. The normalized spacial score (nSPS) is 27.6. The molecule has 2 atom stereocenters. The van der Waals surface area contributed by atoms with E-state index in [1.807, 2.05) is 0 Å². The Hall–Kier alpha value is -0.340. The number of hydrogen-bond acceptors (Lipinski definition) is 2. The van der Waals surface area contributed by atoms with Crippen LogP contribution >= 0.6 is 0 Å². The van der Waals surface area contributed by atoms with Gasteiger partial charge >= 0.3 is 0 Å². The highest BCUT2D eigenvalue weighted by Crippen LogP contribution is 2.45. The maximum Gasteiger partial charge on any atom is 0.0280 e. The van der Waals surface area contributed by atoms with E-state index >= 15 is 0 Å². The second-order valence-electron chi connectivity index (χ2n) is 5.42. The smallest absolute Gasteiger partial charge is 0.0280 e. The van der Waals surface area contributed by atoms with Crippen LogP contribution in [0.5, 0.6) is 0 Å². The molecule has 0 radical (unpaired) electrons. The zero-order chi connectivity index (χ0) is 10.8. The second kappa shape index (κ2) is 4.45. The Labute approximate surface area is 87.9 Å². The van der Waals surface area contributed by atoms with Gasteiger partial charge in [0, 0.05) is 6.04 Å². The summed E-state index contributed by atoms with van der Waals surface area (Å²) >= 11 is 0. The Morgan fingerprint density at radius 2 is 2.29 bits per heavy atom. The van der Waals surface area contributed by atoms with Crippen molar-refractivity contribution in [1.82, 2.24) is 5.43 Å². The molecule has 0 amide bonds. The standard InChI is InChI=1S/C12H24N2/c1-9(2)8-11(14-13)10-6-5-7-12(10,3)4/h10-11,14H,1,5-8,13H2,2-4H3. The van der Waals surface area contributed by atoms with Crippen LogP contribution in [0.15, 0.2) is 12.2 Å². The number of rotatable bonds is 4. The van der Waals surface area contributed by atoms with Crippen molar-refractivity contribution in [2.24, 2.45) is 17.2 Å². The largest absolute Gasteiger partial charge is 0.271 e. The van der Waals surface area contributed by atoms with Gasteiger partial charge in [0.05, 0.1) is 0 Å². The third kappa shape index (κ3) is 2.58. The zero-order valence-corrected chi connectivity index (χ0v) is 9.77. The average Bonchev–Trinajstić information content (AvgIpc) is 2.41. The Bertz CT molecular complexity index is 208. The zero-order valence-electron chi connectivity index (χ0n) is 9.77. The maximum atomic E-state index is 5.63. The fourth-order valence-electron chi connectivity index (χ4n) is 2.79. The molecule has 14 heavy (non-hydrogen) atoms. The van der Waals surface area contributed by atoms with Crippen molar-refractivity contribution in [1.29, 1.82) is 0 Å². The molecular formula is C12H24N2. The lowest BCUT2D eigenvalue weighted by molar-refractivity contribution is 0.196. The van der Waals surface area contributed by atoms with E-state index < -0.39 is 0 Å². The van der Waals surface area contributed by atoms with Crippen LogP contribution in [0.1, 0.15) is 46.5 Å². The molecule has 3 N–H and O–H groups in total. The van der Waals surface area contributed by atoms with Crippen molar-refractivity contribution in [2.75, 3.05) is 0 Å². The molecule has 0 spiro atoms. The first kappa shape index (κ1) is 11.7. The fraction of sp³-hybridized carbons (Fsp3) is 0.833. The third-order valence-corrected chi connectivity index (χ3v) is 3.61. The van der Waals surface area contributed by atoms with Crippen LogP contribution in [0.3, 0.4) is 0 Å². The SMILES string of the molecule is C=C(C)CC(NN)C1CCCC1(C)C. The van der Waals surface area contributed by atoms with Gasteiger partial charge in [-0.3, -0.25) is 11.3 Å². The summed E-state index contributed by atoms with van der Waals surface area (Å²) in [5.74, 6) is 6.33. The molecule has 2 heteroatoms. The molecular weight excluding hydrogens is 172 g/mol. The molecule has 1 saturated carbocycles. The minimum absolute atomic E-state index is 0.407. The van der Waals surface area contributed by atoms with Crippen molar-refractivity contribution in [3.63, 3.8) is 0 Å². The van der Waals surface area contributed by atoms with E-state index in [4.69, 9.17) is 5.84 Å². The first-order chi connectivity index (χ1) is 6.47. The van der Waals surface area contributed by atoms with Crippen LogP contribution in [0.2, 0.25) is 0 Å². The predicted molar refractivity (Wildman–Crippen MR) is 61.7 cm³/mol. The molecule has 1 aliphatic carbocycles. The van der Waals surface area contributed by atoms with E-state index in [0.717, 1.165) is 6.42 Å². The number of hydrogen-bond donors (Lipinski definition) is 2. The van der Waals surface area contributed by atoms with Gasteiger partial charge < -0.3 is 0 Å². The van der Waals surface area contributed by atoms with Gasteiger partial charge in [-0.2, -0.15) is 0 Å². The van der Waals surface area contributed by atoms with Crippen molar-refractivity contribution in [3.8, 4) is 0 Å². The summed E-state index contributed by atoms with van der Waals surface area (Å²) in [6.07, 6.45) is 4.97. The molecule has 0 saturated heterocycles. The predicted octanol–water partition coefficient (Wildman–Crippen LogP) is 2.61. The van der Waals surface area contributed by atoms with Crippen LogP contribution in [0.25, 0.3) is 0 Å². The summed E-state index contributed by atoms with van der Waals surface area (Å²) in [6.45, 7) is 10.8. The van der Waals surface area contributed by atoms with Gasteiger partial charge in [-0.25, -0.2) is 0 Å². The van der Waals surface area contributed by atoms with Gasteiger partial charge in [-0.15, -0.1) is 6.58 Å². The van der Waals surface area contributed by atoms with Gasteiger partial charge in [0.2, 0.25) is 0 Å². The highest BCUT2D eigenvalue weighted by molar-refractivity contribution is 4.99. The topological polar surface area (TPSA) is 38.0 Å². The molecule has 1 rings (SSSR count). The van der Waals surface area contributed by atoms with Crippen LogP contribution < -0.4 is 11.3 Å². The summed E-state index contributed by atoms with van der Waals surface area (Å²) in [7, 11) is 0. The van der Waals surface area contributed by atoms with Gasteiger partial charge in [0.15, 0.2) is 0 Å². The molecule has 0 bridgehead atoms. The number of hydrazine groups is 1. The van der Waals surface area contributed by atoms with Gasteiger partial charge in [0.1, 0.15) is 0 Å². The van der Waals surface area contributed by atoms with Crippen molar-refractivity contribution < 1.29 is 0 Å². The summed E-state index contributed by atoms with van der Waals surface area (Å²) in [5, 5.41) is 0. The third-order valence-electron chi connectivity index (χ3n) is 3.61. The highest BCUT2D eigenvalue weighted by Gasteiger charge is 2.38. The molecule has 2 unspecified atom stereocenters. The fourth-order valence-corrected chi connectivity index (χ4v) is 2.79. The monoisotopic (exact) mass is 196 g/mol. The van der Waals surface area contributed by atoms with E-state index in [9.17, 15) is 0 Å². The molecule has 1 fully saturated rings. The van der Waals surface area contributed by atoms with E-state index in [1.54, 1.807) is 0 Å². The van der Waals surface area contributed by atoms with E-state index in [0.29, 0.717) is 17.4 Å². The van der Waals surface area contributed by atoms with E-state index in [1.165, 1.54) is 24.8 Å². The van der Waals surface area contributed by atoms with Crippen molar-refractivity contribution >= 4 is 0 Å². The van der Waals surface area contributed by atoms with Crippen LogP contribution in [0.4, 0.5) is 0 Å². The number of nitrogens with one attached hydrogen (secondary N) is 1. The molecule has 82 valence electrons. The van der Waals surface area contributed by atoms with Gasteiger partial charge in [-0.1, -0.05) is 25.8 Å². The molecule has 1 aliphatic rings. The van der Waals surface area contributed by atoms with Crippen LogP contribution in [-0.2, 0) is 0 Å². The lowest BCUT2D eigenvalue weighted by Crippen LogP contribution is -2.44. The van der Waals surface area contributed by atoms with E-state index in [2.05, 4.69) is 32.8 Å². The summed E-state index contributed by atoms with van der Waals surface area (Å²) in [6, 6.07) is 0.407. The van der Waals surface area contributed by atoms with Gasteiger partial charge in [-0.05, 0) is 37.5 Å². The lowest BCUT2D eigenvalue weighted by Gasteiger charge is -2.34. The molecule has 0 aromatic rings. The molecule has 0 aromatic carbocycles. The summed E-state index contributed by atoms with van der Waals surface area (Å²) in [5.41, 5.74) is 4.63.